The zero-order chi connectivity index (χ0) is 21.7. The van der Waals surface area contributed by atoms with Crippen LogP contribution in [0.1, 0.15) is 73.5 Å². The number of aromatic nitrogens is 2. The van der Waals surface area contributed by atoms with Crippen molar-refractivity contribution in [3.63, 3.8) is 0 Å². The van der Waals surface area contributed by atoms with Gasteiger partial charge in [0.1, 0.15) is 5.82 Å². The molecule has 1 aromatic heterocycles. The molecule has 1 heterocycles. The van der Waals surface area contributed by atoms with Crippen LogP contribution in [-0.2, 0) is 27.2 Å². The van der Waals surface area contributed by atoms with E-state index in [1.165, 1.54) is 25.3 Å². The average Bonchev–Trinajstić information content (AvgIpc) is 3.38. The summed E-state index contributed by atoms with van der Waals surface area (Å²) in [5.41, 5.74) is 3.81. The van der Waals surface area contributed by atoms with Gasteiger partial charge in [0.05, 0.1) is 20.1 Å². The van der Waals surface area contributed by atoms with E-state index in [0.717, 1.165) is 56.5 Å². The summed E-state index contributed by atoms with van der Waals surface area (Å²) in [5, 5.41) is 0. The molecule has 0 N–H and O–H groups in total. The first kappa shape index (κ1) is 22.1. The molecule has 6 heteroatoms. The zero-order valence-electron chi connectivity index (χ0n) is 18.4. The third-order valence-electron chi connectivity index (χ3n) is 6.13. The van der Waals surface area contributed by atoms with E-state index in [4.69, 9.17) is 9.47 Å². The van der Waals surface area contributed by atoms with Crippen molar-refractivity contribution in [2.45, 2.75) is 64.8 Å². The molecule has 30 heavy (non-hydrogen) atoms. The number of methoxy groups -OCH3 is 2. The van der Waals surface area contributed by atoms with Crippen LogP contribution in [0.2, 0.25) is 0 Å². The fraction of sp³-hybridized carbons (Fsp3) is 0.542. The maximum Gasteiger partial charge on any atom is 0.358 e. The van der Waals surface area contributed by atoms with E-state index in [1.54, 1.807) is 6.20 Å². The molecular weight excluding hydrogens is 380 g/mol. The van der Waals surface area contributed by atoms with Crippen molar-refractivity contribution in [3.05, 3.63) is 41.2 Å². The average molecular weight is 413 g/mol. The van der Waals surface area contributed by atoms with Crippen molar-refractivity contribution in [2.24, 2.45) is 5.92 Å². The molecular formula is C24H32N2O4. The van der Waals surface area contributed by atoms with Crippen LogP contribution in [0, 0.1) is 5.92 Å². The molecule has 1 aliphatic rings. The molecule has 2 aromatic rings. The highest BCUT2D eigenvalue weighted by Crippen LogP contribution is 2.41. The zero-order valence-corrected chi connectivity index (χ0v) is 18.4. The molecule has 0 radical (unpaired) electrons. The van der Waals surface area contributed by atoms with Crippen LogP contribution < -0.4 is 0 Å². The highest BCUT2D eigenvalue weighted by Gasteiger charge is 2.34. The van der Waals surface area contributed by atoms with Crippen LogP contribution in [0.25, 0.3) is 11.4 Å². The van der Waals surface area contributed by atoms with Gasteiger partial charge in [0.2, 0.25) is 0 Å². The Morgan fingerprint density at radius 1 is 1.20 bits per heavy atom. The number of hydrogen-bond acceptors (Lipinski definition) is 5. The molecule has 162 valence electrons. The van der Waals surface area contributed by atoms with Gasteiger partial charge in [-0.1, -0.05) is 38.8 Å². The summed E-state index contributed by atoms with van der Waals surface area (Å²) in [4.78, 5) is 28.8. The molecule has 0 spiro atoms. The summed E-state index contributed by atoms with van der Waals surface area (Å²) < 4.78 is 11.9. The largest absolute Gasteiger partial charge is 0.469 e. The van der Waals surface area contributed by atoms with Crippen LogP contribution in [0.5, 0.6) is 0 Å². The topological polar surface area (TPSA) is 70.4 Å². The van der Waals surface area contributed by atoms with Gasteiger partial charge in [-0.25, -0.2) is 9.78 Å². The van der Waals surface area contributed by atoms with Gasteiger partial charge in [-0.15, -0.1) is 0 Å². The number of esters is 2. The molecule has 0 saturated carbocycles. The maximum absolute atomic E-state index is 12.2. The highest BCUT2D eigenvalue weighted by molar-refractivity contribution is 5.87. The van der Waals surface area contributed by atoms with Crippen LogP contribution in [0.4, 0.5) is 0 Å². The third kappa shape index (κ3) is 4.42. The number of imidazole rings is 1. The lowest BCUT2D eigenvalue weighted by Crippen LogP contribution is -2.21. The van der Waals surface area contributed by atoms with Gasteiger partial charge in [0.15, 0.2) is 5.69 Å². The minimum atomic E-state index is -0.421. The normalized spacial score (nSPS) is 16.2. The number of benzene rings is 1. The van der Waals surface area contributed by atoms with Gasteiger partial charge in [0, 0.05) is 18.3 Å². The number of nitrogens with zero attached hydrogens (tertiary/aromatic N) is 2. The molecule has 0 bridgehead atoms. The van der Waals surface area contributed by atoms with E-state index in [0.29, 0.717) is 5.69 Å². The van der Waals surface area contributed by atoms with Gasteiger partial charge < -0.3 is 14.0 Å². The van der Waals surface area contributed by atoms with Crippen LogP contribution >= 0.6 is 0 Å². The van der Waals surface area contributed by atoms with E-state index < -0.39 is 5.97 Å². The number of rotatable bonds is 9. The number of carbonyl (C=O) groups excluding carboxylic acids is 2. The van der Waals surface area contributed by atoms with E-state index in [2.05, 4.69) is 34.7 Å². The van der Waals surface area contributed by atoms with Crippen LogP contribution in [0.15, 0.2) is 24.4 Å². The van der Waals surface area contributed by atoms with Crippen molar-refractivity contribution < 1.29 is 19.1 Å². The molecule has 2 unspecified atom stereocenters. The minimum absolute atomic E-state index is 0.107. The molecule has 3 rings (SSSR count). The highest BCUT2D eigenvalue weighted by atomic mass is 16.5. The molecule has 0 aliphatic heterocycles. The van der Waals surface area contributed by atoms with Gasteiger partial charge in [-0.05, 0) is 48.8 Å². The molecule has 1 aliphatic carbocycles. The summed E-state index contributed by atoms with van der Waals surface area (Å²) in [6.07, 6.45) is 7.73. The van der Waals surface area contributed by atoms with Gasteiger partial charge in [0.25, 0.3) is 0 Å². The number of hydrogen-bond donors (Lipinski definition) is 0. The fourth-order valence-corrected chi connectivity index (χ4v) is 4.53. The van der Waals surface area contributed by atoms with Crippen molar-refractivity contribution in [3.8, 4) is 11.4 Å². The van der Waals surface area contributed by atoms with Gasteiger partial charge >= 0.3 is 11.9 Å². The molecule has 1 aromatic carbocycles. The second-order valence-corrected chi connectivity index (χ2v) is 7.94. The lowest BCUT2D eigenvalue weighted by molar-refractivity contribution is -0.146. The second-order valence-electron chi connectivity index (χ2n) is 7.94. The first-order valence-electron chi connectivity index (χ1n) is 10.9. The van der Waals surface area contributed by atoms with Crippen LogP contribution in [-0.4, -0.2) is 35.7 Å². The summed E-state index contributed by atoms with van der Waals surface area (Å²) >= 11 is 0. The lowest BCUT2D eigenvalue weighted by Gasteiger charge is -2.21. The smallest absolute Gasteiger partial charge is 0.358 e. The maximum atomic E-state index is 12.2. The Morgan fingerprint density at radius 2 is 2.00 bits per heavy atom. The Labute approximate surface area is 178 Å². The Balaban J connectivity index is 1.93. The first-order valence-corrected chi connectivity index (χ1v) is 10.9. The number of unbranched alkanes of at least 4 members (excludes halogenated alkanes) is 2. The minimum Gasteiger partial charge on any atom is -0.469 e. The van der Waals surface area contributed by atoms with Gasteiger partial charge in [-0.3, -0.25) is 4.79 Å². The molecule has 0 amide bonds. The first-order chi connectivity index (χ1) is 14.5. The molecule has 6 nitrogen and oxygen atoms in total. The van der Waals surface area contributed by atoms with Crippen molar-refractivity contribution >= 4 is 11.9 Å². The van der Waals surface area contributed by atoms with Gasteiger partial charge in [-0.2, -0.15) is 0 Å². The van der Waals surface area contributed by atoms with Crippen LogP contribution in [0.3, 0.4) is 0 Å². The fourth-order valence-electron chi connectivity index (χ4n) is 4.53. The molecule has 2 atom stereocenters. The number of aryl methyl sites for hydroxylation is 2. The Hall–Kier alpha value is -2.63. The van der Waals surface area contributed by atoms with E-state index >= 15 is 0 Å². The quantitative estimate of drug-likeness (QED) is 0.439. The van der Waals surface area contributed by atoms with Crippen molar-refractivity contribution in [1.82, 2.24) is 9.55 Å². The third-order valence-corrected chi connectivity index (χ3v) is 6.13. The second kappa shape index (κ2) is 9.92. The standard InChI is InChI=1S/C24H32N2O4/c1-5-7-8-13-26-15-21(24(28)30-4)25-22(26)17-10-11-19-16(14-17)9-12-20(19)18(6-2)23(27)29-3/h10-11,14-15,18,20H,5-9,12-13H2,1-4H3. The summed E-state index contributed by atoms with van der Waals surface area (Å²) in [6, 6.07) is 6.34. The lowest BCUT2D eigenvalue weighted by atomic mass is 9.85. The predicted octanol–water partition coefficient (Wildman–Crippen LogP) is 4.76. The van der Waals surface area contributed by atoms with E-state index in [9.17, 15) is 9.59 Å². The molecule has 0 saturated heterocycles. The van der Waals surface area contributed by atoms with E-state index in [1.807, 2.05) is 6.92 Å². The molecule has 0 fully saturated rings. The van der Waals surface area contributed by atoms with Crippen molar-refractivity contribution in [1.29, 1.82) is 0 Å². The SMILES string of the molecule is CCCCCn1cc(C(=O)OC)nc1-c1ccc2c(c1)CCC2C(CC)C(=O)OC. The Morgan fingerprint density at radius 3 is 2.67 bits per heavy atom. The number of ether oxygens (including phenoxy) is 2. The summed E-state index contributed by atoms with van der Waals surface area (Å²) in [7, 11) is 2.83. The predicted molar refractivity (Wildman–Crippen MR) is 115 cm³/mol. The number of fused-ring (bicyclic) bond motifs is 1. The Bertz CT molecular complexity index is 903. The van der Waals surface area contributed by atoms with Crippen molar-refractivity contribution in [2.75, 3.05) is 14.2 Å². The van der Waals surface area contributed by atoms with E-state index in [-0.39, 0.29) is 17.8 Å². The monoisotopic (exact) mass is 412 g/mol. The summed E-state index contributed by atoms with van der Waals surface area (Å²) in [6.45, 7) is 5.02. The number of carbonyl (C=O) groups is 2. The summed E-state index contributed by atoms with van der Waals surface area (Å²) in [5.74, 6) is 0.326. The Kier molecular flexibility index (Phi) is 7.29.